The molecule has 6 heteroatoms. The number of aliphatic imine (C=N–C) groups is 1. The summed E-state index contributed by atoms with van der Waals surface area (Å²) in [5.74, 6) is 2.56. The highest BCUT2D eigenvalue weighted by atomic mass is 127. The van der Waals surface area contributed by atoms with Crippen LogP contribution in [0, 0.1) is 0 Å². The van der Waals surface area contributed by atoms with Crippen molar-refractivity contribution in [3.63, 3.8) is 0 Å². The van der Waals surface area contributed by atoms with E-state index in [1.165, 1.54) is 0 Å². The summed E-state index contributed by atoms with van der Waals surface area (Å²) in [5, 5.41) is 6.50. The van der Waals surface area contributed by atoms with Gasteiger partial charge in [-0.25, -0.2) is 4.99 Å². The zero-order valence-corrected chi connectivity index (χ0v) is 16.2. The molecule has 0 aliphatic heterocycles. The minimum absolute atomic E-state index is 0. The molecule has 0 amide bonds. The van der Waals surface area contributed by atoms with Gasteiger partial charge in [0.1, 0.15) is 11.5 Å². The number of methoxy groups -OCH3 is 1. The van der Waals surface area contributed by atoms with Crippen LogP contribution < -0.4 is 15.4 Å². The maximum atomic E-state index is 5.32. The second-order valence-electron chi connectivity index (χ2n) is 4.94. The Bertz CT molecular complexity index is 610. The summed E-state index contributed by atoms with van der Waals surface area (Å²) in [6, 6.07) is 11.8. The van der Waals surface area contributed by atoms with Crippen LogP contribution in [0.3, 0.4) is 0 Å². The zero-order valence-electron chi connectivity index (χ0n) is 13.8. The Labute approximate surface area is 160 Å². The number of hydrogen-bond acceptors (Lipinski definition) is 3. The molecule has 0 fully saturated rings. The van der Waals surface area contributed by atoms with Gasteiger partial charge >= 0.3 is 0 Å². The first-order valence-corrected chi connectivity index (χ1v) is 7.60. The van der Waals surface area contributed by atoms with E-state index < -0.39 is 0 Å². The number of furan rings is 1. The van der Waals surface area contributed by atoms with Crippen molar-refractivity contribution in [3.8, 4) is 5.75 Å². The highest BCUT2D eigenvalue weighted by Crippen LogP contribution is 2.11. The van der Waals surface area contributed by atoms with Crippen molar-refractivity contribution >= 4 is 29.9 Å². The fourth-order valence-electron chi connectivity index (χ4n) is 2.00. The molecule has 5 nitrogen and oxygen atoms in total. The molecule has 2 N–H and O–H groups in total. The summed E-state index contributed by atoms with van der Waals surface area (Å²) in [5.41, 5.74) is 1.12. The average molecular weight is 441 g/mol. The number of benzene rings is 1. The molecule has 2 rings (SSSR count). The molecular weight excluding hydrogens is 417 g/mol. The fourth-order valence-corrected chi connectivity index (χ4v) is 2.00. The maximum Gasteiger partial charge on any atom is 0.191 e. The van der Waals surface area contributed by atoms with Gasteiger partial charge in [-0.1, -0.05) is 18.2 Å². The largest absolute Gasteiger partial charge is 0.497 e. The second kappa shape index (κ2) is 11.6. The monoisotopic (exact) mass is 441 g/mol. The third-order valence-corrected chi connectivity index (χ3v) is 3.24. The van der Waals surface area contributed by atoms with Crippen molar-refractivity contribution in [1.29, 1.82) is 0 Å². The number of nitrogens with one attached hydrogen (secondary N) is 2. The summed E-state index contributed by atoms with van der Waals surface area (Å²) in [4.78, 5) is 4.58. The Balaban J connectivity index is 0.00000288. The van der Waals surface area contributed by atoms with Crippen LogP contribution in [0.25, 0.3) is 0 Å². The van der Waals surface area contributed by atoms with Gasteiger partial charge in [0, 0.05) is 19.5 Å². The van der Waals surface area contributed by atoms with Gasteiger partial charge in [-0.15, -0.1) is 30.6 Å². The molecule has 0 saturated carbocycles. The molecule has 0 aliphatic rings. The van der Waals surface area contributed by atoms with Crippen molar-refractivity contribution < 1.29 is 9.15 Å². The maximum absolute atomic E-state index is 5.32. The molecule has 24 heavy (non-hydrogen) atoms. The Morgan fingerprint density at radius 3 is 2.67 bits per heavy atom. The highest BCUT2D eigenvalue weighted by Gasteiger charge is 2.00. The minimum Gasteiger partial charge on any atom is -0.497 e. The third-order valence-electron chi connectivity index (χ3n) is 3.24. The van der Waals surface area contributed by atoms with Crippen LogP contribution in [-0.4, -0.2) is 26.2 Å². The predicted molar refractivity (Wildman–Crippen MR) is 108 cm³/mol. The van der Waals surface area contributed by atoms with Crippen molar-refractivity contribution in [3.05, 3.63) is 66.6 Å². The van der Waals surface area contributed by atoms with E-state index in [4.69, 9.17) is 9.15 Å². The number of nitrogens with zero attached hydrogens (tertiary/aromatic N) is 1. The van der Waals surface area contributed by atoms with E-state index in [0.29, 0.717) is 13.1 Å². The van der Waals surface area contributed by atoms with Crippen molar-refractivity contribution in [2.45, 2.75) is 13.0 Å². The molecule has 0 saturated heterocycles. The van der Waals surface area contributed by atoms with E-state index in [0.717, 1.165) is 36.0 Å². The smallest absolute Gasteiger partial charge is 0.191 e. The Morgan fingerprint density at radius 1 is 1.25 bits per heavy atom. The van der Waals surface area contributed by atoms with Gasteiger partial charge in [-0.05, 0) is 29.8 Å². The number of hydrogen-bond donors (Lipinski definition) is 2. The molecule has 0 atom stereocenters. The molecule has 130 valence electrons. The van der Waals surface area contributed by atoms with Gasteiger partial charge in [0.15, 0.2) is 5.96 Å². The number of ether oxygens (including phenoxy) is 1. The Morgan fingerprint density at radius 2 is 2.04 bits per heavy atom. The van der Waals surface area contributed by atoms with E-state index in [2.05, 4.69) is 22.2 Å². The van der Waals surface area contributed by atoms with Gasteiger partial charge in [0.2, 0.25) is 0 Å². The Hall–Kier alpha value is -1.96. The van der Waals surface area contributed by atoms with Crippen LogP contribution in [-0.2, 0) is 13.0 Å². The topological polar surface area (TPSA) is 58.8 Å². The van der Waals surface area contributed by atoms with E-state index in [1.807, 2.05) is 36.4 Å². The minimum atomic E-state index is 0. The molecular formula is C18H24IN3O2. The molecule has 0 unspecified atom stereocenters. The first-order chi connectivity index (χ1) is 11.3. The Kier molecular flexibility index (Phi) is 9.67. The van der Waals surface area contributed by atoms with Crippen LogP contribution >= 0.6 is 24.0 Å². The predicted octanol–water partition coefficient (Wildman–Crippen LogP) is 3.37. The van der Waals surface area contributed by atoms with Crippen LogP contribution in [0.1, 0.15) is 11.3 Å². The lowest BCUT2D eigenvalue weighted by Gasteiger charge is -2.11. The van der Waals surface area contributed by atoms with Crippen molar-refractivity contribution in [1.82, 2.24) is 10.6 Å². The summed E-state index contributed by atoms with van der Waals surface area (Å²) in [6.45, 7) is 5.72. The molecule has 0 bridgehead atoms. The van der Waals surface area contributed by atoms with Gasteiger partial charge in [-0.2, -0.15) is 0 Å². The number of rotatable bonds is 8. The first-order valence-electron chi connectivity index (χ1n) is 7.60. The molecule has 1 aromatic heterocycles. The lowest BCUT2D eigenvalue weighted by Crippen LogP contribution is -2.38. The number of guanidine groups is 1. The third kappa shape index (κ3) is 7.08. The van der Waals surface area contributed by atoms with E-state index in [9.17, 15) is 0 Å². The normalized spacial score (nSPS) is 10.6. The molecule has 0 radical (unpaired) electrons. The van der Waals surface area contributed by atoms with Crippen LogP contribution in [0.15, 0.2) is 64.7 Å². The van der Waals surface area contributed by atoms with Gasteiger partial charge in [-0.3, -0.25) is 0 Å². The van der Waals surface area contributed by atoms with E-state index in [1.54, 1.807) is 19.4 Å². The van der Waals surface area contributed by atoms with Gasteiger partial charge < -0.3 is 19.8 Å². The van der Waals surface area contributed by atoms with Crippen LogP contribution in [0.5, 0.6) is 5.75 Å². The molecule has 0 aliphatic carbocycles. The summed E-state index contributed by atoms with van der Waals surface area (Å²) < 4.78 is 10.5. The van der Waals surface area contributed by atoms with E-state index >= 15 is 0 Å². The van der Waals surface area contributed by atoms with Crippen molar-refractivity contribution in [2.24, 2.45) is 4.99 Å². The highest BCUT2D eigenvalue weighted by molar-refractivity contribution is 14.0. The van der Waals surface area contributed by atoms with Crippen LogP contribution in [0.4, 0.5) is 0 Å². The summed E-state index contributed by atoms with van der Waals surface area (Å²) >= 11 is 0. The summed E-state index contributed by atoms with van der Waals surface area (Å²) in [7, 11) is 1.66. The summed E-state index contributed by atoms with van der Waals surface area (Å²) in [6.07, 6.45) is 4.30. The van der Waals surface area contributed by atoms with E-state index in [-0.39, 0.29) is 24.0 Å². The zero-order chi connectivity index (χ0) is 16.3. The second-order valence-corrected chi connectivity index (χ2v) is 4.94. The van der Waals surface area contributed by atoms with Gasteiger partial charge in [0.25, 0.3) is 0 Å². The molecule has 1 heterocycles. The van der Waals surface area contributed by atoms with Crippen LogP contribution in [0.2, 0.25) is 0 Å². The average Bonchev–Trinajstić information content (AvgIpc) is 3.10. The van der Waals surface area contributed by atoms with Gasteiger partial charge in [0.05, 0.1) is 19.9 Å². The lowest BCUT2D eigenvalue weighted by molar-refractivity contribution is 0.414. The fraction of sp³-hybridized carbons (Fsp3) is 0.278. The SMILES string of the molecule is C=CCNC(=NCc1ccc(OC)cc1)NCCc1ccco1.I. The quantitative estimate of drug-likeness (QED) is 0.286. The lowest BCUT2D eigenvalue weighted by atomic mass is 10.2. The van der Waals surface area contributed by atoms with Crippen molar-refractivity contribution in [2.75, 3.05) is 20.2 Å². The first kappa shape index (κ1) is 20.1. The molecule has 0 spiro atoms. The number of halogens is 1. The molecule has 1 aromatic carbocycles. The molecule has 2 aromatic rings. The standard InChI is InChI=1S/C18H23N3O2.HI/c1-3-11-19-18(20-12-10-17-5-4-13-23-17)21-14-15-6-8-16(22-2)9-7-15;/h3-9,13H,1,10-12,14H2,2H3,(H2,19,20,21);1H.